The van der Waals surface area contributed by atoms with Gasteiger partial charge in [-0.1, -0.05) is 6.07 Å². The van der Waals surface area contributed by atoms with Gasteiger partial charge in [-0.25, -0.2) is 18.4 Å². The molecular formula is C24H31N5O2S. The Labute approximate surface area is 191 Å². The molecule has 0 bridgehead atoms. The van der Waals surface area contributed by atoms with E-state index < -0.39 is 10.0 Å². The Balaban J connectivity index is 1.78. The van der Waals surface area contributed by atoms with Gasteiger partial charge in [-0.2, -0.15) is 0 Å². The molecule has 0 aliphatic carbocycles. The third kappa shape index (κ3) is 5.37. The zero-order chi connectivity index (χ0) is 23.5. The molecule has 1 heterocycles. The highest BCUT2D eigenvalue weighted by Crippen LogP contribution is 2.25. The minimum absolute atomic E-state index is 0.295. The second kappa shape index (κ2) is 9.56. The fraction of sp³-hybridized carbons (Fsp3) is 0.333. The van der Waals surface area contributed by atoms with E-state index in [1.807, 2.05) is 52.0 Å². The van der Waals surface area contributed by atoms with Gasteiger partial charge in [-0.3, -0.25) is 4.72 Å². The fourth-order valence-electron chi connectivity index (χ4n) is 3.53. The summed E-state index contributed by atoms with van der Waals surface area (Å²) in [5.74, 6) is 2.25. The van der Waals surface area contributed by atoms with Crippen molar-refractivity contribution in [1.82, 2.24) is 9.97 Å². The lowest BCUT2D eigenvalue weighted by molar-refractivity contribution is 0.600. The predicted octanol–water partition coefficient (Wildman–Crippen LogP) is 5.10. The van der Waals surface area contributed by atoms with Crippen LogP contribution in [0.25, 0.3) is 0 Å². The quantitative estimate of drug-likeness (QED) is 0.493. The van der Waals surface area contributed by atoms with Crippen LogP contribution in [0, 0.1) is 27.7 Å². The average molecular weight is 454 g/mol. The number of rotatable bonds is 8. The highest BCUT2D eigenvalue weighted by molar-refractivity contribution is 7.92. The highest BCUT2D eigenvalue weighted by atomic mass is 32.2. The van der Waals surface area contributed by atoms with Crippen LogP contribution in [0.4, 0.5) is 23.0 Å². The first kappa shape index (κ1) is 23.5. The monoisotopic (exact) mass is 453 g/mol. The molecule has 2 N–H and O–H groups in total. The minimum Gasteiger partial charge on any atom is -0.357 e. The maximum atomic E-state index is 12.9. The normalized spacial score (nSPS) is 11.3. The van der Waals surface area contributed by atoms with Gasteiger partial charge >= 0.3 is 0 Å². The zero-order valence-corrected chi connectivity index (χ0v) is 20.3. The van der Waals surface area contributed by atoms with Gasteiger partial charge < -0.3 is 10.2 Å². The molecule has 0 fully saturated rings. The van der Waals surface area contributed by atoms with Gasteiger partial charge in [0.25, 0.3) is 10.0 Å². The first-order valence-corrected chi connectivity index (χ1v) is 12.2. The molecule has 3 aromatic rings. The molecule has 8 heteroatoms. The Hall–Kier alpha value is -3.13. The highest BCUT2D eigenvalue weighted by Gasteiger charge is 2.18. The van der Waals surface area contributed by atoms with Crippen molar-refractivity contribution in [3.05, 3.63) is 65.0 Å². The lowest BCUT2D eigenvalue weighted by atomic mass is 10.1. The number of hydrogen-bond acceptors (Lipinski definition) is 6. The summed E-state index contributed by atoms with van der Waals surface area (Å²) < 4.78 is 28.5. The number of aromatic nitrogens is 2. The predicted molar refractivity (Wildman–Crippen MR) is 132 cm³/mol. The standard InChI is InChI=1S/C24H31N5O2S/c1-7-29(8-2)24-15-23(25-19(6)26-24)27-20-9-11-21(12-10-20)28-32(30,31)22-14-17(4)16(3)13-18(22)5/h9-15,28H,7-8H2,1-6H3,(H,25,26,27). The van der Waals surface area contributed by atoms with Crippen molar-refractivity contribution in [1.29, 1.82) is 0 Å². The molecular weight excluding hydrogens is 422 g/mol. The first-order chi connectivity index (χ1) is 15.1. The molecule has 170 valence electrons. The summed E-state index contributed by atoms with van der Waals surface area (Å²) >= 11 is 0. The van der Waals surface area contributed by atoms with Gasteiger partial charge in [-0.05, 0) is 88.6 Å². The van der Waals surface area contributed by atoms with E-state index in [4.69, 9.17) is 0 Å². The summed E-state index contributed by atoms with van der Waals surface area (Å²) in [6.07, 6.45) is 0. The van der Waals surface area contributed by atoms with E-state index in [0.29, 0.717) is 22.2 Å². The van der Waals surface area contributed by atoms with Crippen molar-refractivity contribution in [2.24, 2.45) is 0 Å². The Morgan fingerprint density at radius 3 is 2.03 bits per heavy atom. The number of nitrogens with one attached hydrogen (secondary N) is 2. The van der Waals surface area contributed by atoms with Gasteiger partial charge in [-0.15, -0.1) is 0 Å². The Bertz CT molecular complexity index is 1200. The lowest BCUT2D eigenvalue weighted by Gasteiger charge is -2.20. The van der Waals surface area contributed by atoms with E-state index in [1.54, 1.807) is 18.2 Å². The van der Waals surface area contributed by atoms with Crippen LogP contribution in [0.5, 0.6) is 0 Å². The topological polar surface area (TPSA) is 87.2 Å². The molecule has 0 radical (unpaired) electrons. The number of benzene rings is 2. The van der Waals surface area contributed by atoms with Crippen LogP contribution >= 0.6 is 0 Å². The van der Waals surface area contributed by atoms with Crippen LogP contribution in [-0.4, -0.2) is 31.5 Å². The van der Waals surface area contributed by atoms with Crippen molar-refractivity contribution >= 4 is 33.0 Å². The Kier molecular flexibility index (Phi) is 7.03. The molecule has 0 unspecified atom stereocenters. The maximum Gasteiger partial charge on any atom is 0.262 e. The van der Waals surface area contributed by atoms with E-state index in [2.05, 4.69) is 38.8 Å². The van der Waals surface area contributed by atoms with Crippen molar-refractivity contribution < 1.29 is 8.42 Å². The SMILES string of the molecule is CCN(CC)c1cc(Nc2ccc(NS(=O)(=O)c3cc(C)c(C)cc3C)cc2)nc(C)n1. The summed E-state index contributed by atoms with van der Waals surface area (Å²) in [7, 11) is -3.68. The molecule has 0 amide bonds. The third-order valence-electron chi connectivity index (χ3n) is 5.40. The number of hydrogen-bond donors (Lipinski definition) is 2. The molecule has 0 saturated heterocycles. The summed E-state index contributed by atoms with van der Waals surface area (Å²) in [6.45, 7) is 13.5. The van der Waals surface area contributed by atoms with Crippen LogP contribution in [0.3, 0.4) is 0 Å². The van der Waals surface area contributed by atoms with Gasteiger partial charge in [0.2, 0.25) is 0 Å². The van der Waals surface area contributed by atoms with E-state index in [1.165, 1.54) is 0 Å². The summed E-state index contributed by atoms with van der Waals surface area (Å²) in [6, 6.07) is 12.6. The van der Waals surface area contributed by atoms with Crippen LogP contribution in [0.15, 0.2) is 47.4 Å². The minimum atomic E-state index is -3.68. The van der Waals surface area contributed by atoms with Crippen LogP contribution in [-0.2, 0) is 10.0 Å². The fourth-order valence-corrected chi connectivity index (χ4v) is 4.90. The van der Waals surface area contributed by atoms with E-state index in [-0.39, 0.29) is 0 Å². The summed E-state index contributed by atoms with van der Waals surface area (Å²) in [5, 5.41) is 3.28. The van der Waals surface area contributed by atoms with Gasteiger partial charge in [0.15, 0.2) is 0 Å². The Morgan fingerprint density at radius 2 is 1.41 bits per heavy atom. The third-order valence-corrected chi connectivity index (χ3v) is 6.93. The van der Waals surface area contributed by atoms with Gasteiger partial charge in [0, 0.05) is 30.5 Å². The largest absolute Gasteiger partial charge is 0.357 e. The molecule has 3 rings (SSSR count). The maximum absolute atomic E-state index is 12.9. The van der Waals surface area contributed by atoms with E-state index >= 15 is 0 Å². The summed E-state index contributed by atoms with van der Waals surface area (Å²) in [4.78, 5) is 11.4. The molecule has 0 saturated carbocycles. The van der Waals surface area contributed by atoms with E-state index in [0.717, 1.165) is 41.3 Å². The molecule has 0 aliphatic rings. The number of anilines is 4. The van der Waals surface area contributed by atoms with Gasteiger partial charge in [0.05, 0.1) is 4.90 Å². The molecule has 0 aliphatic heterocycles. The second-order valence-electron chi connectivity index (χ2n) is 7.84. The second-order valence-corrected chi connectivity index (χ2v) is 9.49. The lowest BCUT2D eigenvalue weighted by Crippen LogP contribution is -2.23. The van der Waals surface area contributed by atoms with Crippen LogP contribution in [0.2, 0.25) is 0 Å². The van der Waals surface area contributed by atoms with Crippen LogP contribution < -0.4 is 14.9 Å². The van der Waals surface area contributed by atoms with Crippen molar-refractivity contribution in [2.45, 2.75) is 46.4 Å². The molecule has 32 heavy (non-hydrogen) atoms. The summed E-state index contributed by atoms with van der Waals surface area (Å²) in [5.41, 5.74) is 4.04. The molecule has 0 atom stereocenters. The van der Waals surface area contributed by atoms with E-state index in [9.17, 15) is 8.42 Å². The number of sulfonamides is 1. The number of aryl methyl sites for hydroxylation is 4. The zero-order valence-electron chi connectivity index (χ0n) is 19.5. The van der Waals surface area contributed by atoms with Gasteiger partial charge in [0.1, 0.15) is 17.5 Å². The molecule has 7 nitrogen and oxygen atoms in total. The van der Waals surface area contributed by atoms with Crippen molar-refractivity contribution in [3.8, 4) is 0 Å². The molecule has 0 spiro atoms. The molecule has 2 aromatic carbocycles. The number of nitrogens with zero attached hydrogens (tertiary/aromatic N) is 3. The van der Waals surface area contributed by atoms with Crippen LogP contribution in [0.1, 0.15) is 36.4 Å². The Morgan fingerprint density at radius 1 is 0.812 bits per heavy atom. The molecule has 1 aromatic heterocycles. The van der Waals surface area contributed by atoms with Crippen molar-refractivity contribution in [3.63, 3.8) is 0 Å². The van der Waals surface area contributed by atoms with Crippen molar-refractivity contribution in [2.75, 3.05) is 28.0 Å². The first-order valence-electron chi connectivity index (χ1n) is 10.7. The smallest absolute Gasteiger partial charge is 0.262 e. The average Bonchev–Trinajstić information content (AvgIpc) is 2.72.